The summed E-state index contributed by atoms with van der Waals surface area (Å²) in [6.45, 7) is 4.64. The van der Waals surface area contributed by atoms with Gasteiger partial charge in [-0.1, -0.05) is 12.1 Å². The Kier molecular flexibility index (Phi) is 6.18. The highest BCUT2D eigenvalue weighted by Gasteiger charge is 2.19. The van der Waals surface area contributed by atoms with Crippen LogP contribution in [0.5, 0.6) is 0 Å². The predicted octanol–water partition coefficient (Wildman–Crippen LogP) is 2.80. The summed E-state index contributed by atoms with van der Waals surface area (Å²) in [5, 5.41) is 10.4. The van der Waals surface area contributed by atoms with Crippen molar-refractivity contribution in [2.45, 2.75) is 6.92 Å². The molecule has 0 radical (unpaired) electrons. The van der Waals surface area contributed by atoms with Gasteiger partial charge in [-0.3, -0.25) is 14.6 Å². The number of aromatic nitrogens is 4. The number of aromatic amines is 1. The molecule has 0 spiro atoms. The molecule has 1 amide bonds. The first-order chi connectivity index (χ1) is 17.2. The molecule has 36 heavy (non-hydrogen) atoms. The van der Waals surface area contributed by atoms with Crippen molar-refractivity contribution in [3.8, 4) is 11.4 Å². The van der Waals surface area contributed by atoms with Gasteiger partial charge in [0.25, 0.3) is 0 Å². The van der Waals surface area contributed by atoms with Crippen molar-refractivity contribution < 1.29 is 13.2 Å². The summed E-state index contributed by atoms with van der Waals surface area (Å²) >= 11 is 0. The average Bonchev–Trinajstić information content (AvgIpc) is 3.33. The van der Waals surface area contributed by atoms with E-state index < -0.39 is 10.0 Å². The number of carbonyl (C=O) groups is 1. The molecule has 0 saturated carbocycles. The summed E-state index contributed by atoms with van der Waals surface area (Å²) in [5.41, 5.74) is 4.32. The summed E-state index contributed by atoms with van der Waals surface area (Å²) in [6, 6.07) is 15.0. The molecule has 0 aliphatic carbocycles. The number of carbonyl (C=O) groups excluding carboxylic acids is 1. The van der Waals surface area contributed by atoms with E-state index in [9.17, 15) is 13.2 Å². The fourth-order valence-corrected chi connectivity index (χ4v) is 4.72. The van der Waals surface area contributed by atoms with Crippen molar-refractivity contribution in [2.75, 3.05) is 47.4 Å². The van der Waals surface area contributed by atoms with Gasteiger partial charge >= 0.3 is 0 Å². The van der Waals surface area contributed by atoms with Gasteiger partial charge in [0.1, 0.15) is 11.0 Å². The standard InChI is InChI=1S/C24H26N8O3S/c1-16(33)31-10-12-32(13-11-31)20-8-6-18(7-9-20)26-24-22-21(15-25-29-22)27-23(28-24)17-4-3-5-19(14-17)30-36(2,34)35/h3-9,14-15,30H,10-13H2,1-2H3,(H,25,29)(H,26,27,28). The van der Waals surface area contributed by atoms with E-state index in [2.05, 4.69) is 30.1 Å². The van der Waals surface area contributed by atoms with Crippen LogP contribution in [0.3, 0.4) is 0 Å². The van der Waals surface area contributed by atoms with Crippen LogP contribution in [-0.2, 0) is 14.8 Å². The molecule has 0 bridgehead atoms. The zero-order chi connectivity index (χ0) is 25.3. The number of benzene rings is 2. The lowest BCUT2D eigenvalue weighted by Gasteiger charge is -2.35. The quantitative estimate of drug-likeness (QED) is 0.363. The molecule has 2 aromatic heterocycles. The van der Waals surface area contributed by atoms with Crippen molar-refractivity contribution >= 4 is 49.8 Å². The van der Waals surface area contributed by atoms with Gasteiger partial charge in [0.05, 0.1) is 12.5 Å². The fraction of sp³-hybridized carbons (Fsp3) is 0.250. The maximum atomic E-state index is 11.6. The largest absolute Gasteiger partial charge is 0.368 e. The number of sulfonamides is 1. The molecule has 3 heterocycles. The third-order valence-corrected chi connectivity index (χ3v) is 6.55. The molecule has 1 fully saturated rings. The van der Waals surface area contributed by atoms with Gasteiger partial charge in [-0.15, -0.1) is 0 Å². The van der Waals surface area contributed by atoms with Gasteiger partial charge in [0.15, 0.2) is 11.6 Å². The first-order valence-corrected chi connectivity index (χ1v) is 13.3. The van der Waals surface area contributed by atoms with Gasteiger partial charge in [-0.2, -0.15) is 5.10 Å². The molecule has 11 nitrogen and oxygen atoms in total. The Morgan fingerprint density at radius 2 is 1.75 bits per heavy atom. The number of nitrogens with zero attached hydrogens (tertiary/aromatic N) is 5. The summed E-state index contributed by atoms with van der Waals surface area (Å²) in [6.07, 6.45) is 2.72. The number of anilines is 4. The third-order valence-electron chi connectivity index (χ3n) is 5.94. The van der Waals surface area contributed by atoms with E-state index in [1.807, 2.05) is 35.2 Å². The monoisotopic (exact) mass is 506 g/mol. The second-order valence-electron chi connectivity index (χ2n) is 8.65. The lowest BCUT2D eigenvalue weighted by Crippen LogP contribution is -2.48. The third kappa shape index (κ3) is 5.23. The lowest BCUT2D eigenvalue weighted by atomic mass is 10.2. The van der Waals surface area contributed by atoms with Crippen LogP contribution in [0.1, 0.15) is 6.92 Å². The van der Waals surface area contributed by atoms with Crippen LogP contribution < -0.4 is 14.9 Å². The molecule has 1 aliphatic heterocycles. The van der Waals surface area contributed by atoms with Gasteiger partial charge in [0.2, 0.25) is 15.9 Å². The van der Waals surface area contributed by atoms with Crippen LogP contribution in [0.15, 0.2) is 54.7 Å². The maximum Gasteiger partial charge on any atom is 0.229 e. The normalized spacial score (nSPS) is 14.2. The minimum Gasteiger partial charge on any atom is -0.368 e. The van der Waals surface area contributed by atoms with Crippen LogP contribution in [0.4, 0.5) is 22.9 Å². The summed E-state index contributed by atoms with van der Waals surface area (Å²) < 4.78 is 25.7. The smallest absolute Gasteiger partial charge is 0.229 e. The molecule has 5 rings (SSSR count). The Labute approximate surface area is 208 Å². The van der Waals surface area contributed by atoms with Crippen LogP contribution in [0, 0.1) is 0 Å². The number of H-pyrrole nitrogens is 1. The predicted molar refractivity (Wildman–Crippen MR) is 140 cm³/mol. The Bertz CT molecular complexity index is 1510. The van der Waals surface area contributed by atoms with Gasteiger partial charge in [-0.25, -0.2) is 18.4 Å². The summed E-state index contributed by atoms with van der Waals surface area (Å²) in [7, 11) is -3.41. The van der Waals surface area contributed by atoms with E-state index in [0.29, 0.717) is 33.9 Å². The number of rotatable bonds is 6. The van der Waals surface area contributed by atoms with Gasteiger partial charge < -0.3 is 15.1 Å². The SMILES string of the molecule is CC(=O)N1CCN(c2ccc(Nc3nc(-c4cccc(NS(C)(=O)=O)c4)nc4cn[nH]c34)cc2)CC1. The van der Waals surface area contributed by atoms with Crippen LogP contribution in [0.25, 0.3) is 22.4 Å². The van der Waals surface area contributed by atoms with E-state index in [4.69, 9.17) is 4.98 Å². The Morgan fingerprint density at radius 3 is 2.44 bits per heavy atom. The molecule has 0 atom stereocenters. The number of hydrogen-bond acceptors (Lipinski definition) is 8. The number of amides is 1. The molecule has 4 aromatic rings. The second kappa shape index (κ2) is 9.46. The number of nitrogens with one attached hydrogen (secondary N) is 3. The molecule has 3 N–H and O–H groups in total. The molecule has 2 aromatic carbocycles. The van der Waals surface area contributed by atoms with Gasteiger partial charge in [0, 0.05) is 55.7 Å². The molecule has 12 heteroatoms. The highest BCUT2D eigenvalue weighted by atomic mass is 32.2. The van der Waals surface area contributed by atoms with Gasteiger partial charge in [-0.05, 0) is 36.4 Å². The van der Waals surface area contributed by atoms with Crippen molar-refractivity contribution in [2.24, 2.45) is 0 Å². The lowest BCUT2D eigenvalue weighted by molar-refractivity contribution is -0.129. The Hall–Kier alpha value is -4.19. The Morgan fingerprint density at radius 1 is 1.00 bits per heavy atom. The topological polar surface area (TPSA) is 136 Å². The van der Waals surface area contributed by atoms with Crippen LogP contribution >= 0.6 is 0 Å². The minimum absolute atomic E-state index is 0.113. The highest BCUT2D eigenvalue weighted by molar-refractivity contribution is 7.92. The van der Waals surface area contributed by atoms with Crippen LogP contribution in [0.2, 0.25) is 0 Å². The summed E-state index contributed by atoms with van der Waals surface area (Å²) in [5.74, 6) is 1.10. The fourth-order valence-electron chi connectivity index (χ4n) is 4.17. The van der Waals surface area contributed by atoms with Crippen LogP contribution in [-0.4, -0.2) is 71.8 Å². The van der Waals surface area contributed by atoms with E-state index in [-0.39, 0.29) is 5.91 Å². The molecular formula is C24H26N8O3S. The maximum absolute atomic E-state index is 11.6. The van der Waals surface area contributed by atoms with Crippen molar-refractivity contribution in [3.05, 3.63) is 54.7 Å². The number of fused-ring (bicyclic) bond motifs is 1. The second-order valence-corrected chi connectivity index (χ2v) is 10.4. The average molecular weight is 507 g/mol. The van der Waals surface area contributed by atoms with Crippen molar-refractivity contribution in [3.63, 3.8) is 0 Å². The summed E-state index contributed by atoms with van der Waals surface area (Å²) in [4.78, 5) is 25.0. The molecule has 1 aliphatic rings. The van der Waals surface area contributed by atoms with E-state index in [1.54, 1.807) is 31.3 Å². The molecular weight excluding hydrogens is 480 g/mol. The van der Waals surface area contributed by atoms with E-state index in [1.165, 1.54) is 0 Å². The zero-order valence-corrected chi connectivity index (χ0v) is 20.7. The minimum atomic E-state index is -3.41. The highest BCUT2D eigenvalue weighted by Crippen LogP contribution is 2.28. The van der Waals surface area contributed by atoms with Crippen molar-refractivity contribution in [1.29, 1.82) is 0 Å². The number of hydrogen-bond donors (Lipinski definition) is 3. The first-order valence-electron chi connectivity index (χ1n) is 11.4. The first kappa shape index (κ1) is 23.5. The number of piperazine rings is 1. The Balaban J connectivity index is 1.38. The zero-order valence-electron chi connectivity index (χ0n) is 19.9. The molecule has 0 unspecified atom stereocenters. The van der Waals surface area contributed by atoms with E-state index in [0.717, 1.165) is 43.8 Å². The van der Waals surface area contributed by atoms with Crippen molar-refractivity contribution in [1.82, 2.24) is 25.1 Å². The van der Waals surface area contributed by atoms with E-state index >= 15 is 0 Å². The molecule has 186 valence electrons. The molecule has 1 saturated heterocycles.